The van der Waals surface area contributed by atoms with Gasteiger partial charge in [-0.3, -0.25) is 14.3 Å². The lowest BCUT2D eigenvalue weighted by Gasteiger charge is -2.03. The van der Waals surface area contributed by atoms with E-state index in [0.717, 1.165) is 12.2 Å². The van der Waals surface area contributed by atoms with Crippen molar-refractivity contribution >= 4 is 40.3 Å². The van der Waals surface area contributed by atoms with E-state index in [4.69, 9.17) is 11.6 Å². The number of H-pyrrole nitrogens is 1. The molecule has 4 heterocycles. The highest BCUT2D eigenvalue weighted by molar-refractivity contribution is 7.98. The number of halogens is 1. The molecule has 126 valence electrons. The van der Waals surface area contributed by atoms with Crippen molar-refractivity contribution in [3.8, 4) is 0 Å². The van der Waals surface area contributed by atoms with Crippen LogP contribution in [0.2, 0.25) is 5.02 Å². The minimum atomic E-state index is -0.156. The van der Waals surface area contributed by atoms with E-state index in [2.05, 4.69) is 26.2 Å². The maximum atomic E-state index is 12.2. The van der Waals surface area contributed by atoms with E-state index in [0.29, 0.717) is 27.3 Å². The predicted octanol–water partition coefficient (Wildman–Crippen LogP) is 3.41. The Morgan fingerprint density at radius 2 is 2.20 bits per heavy atom. The number of hydrogen-bond acceptors (Lipinski definition) is 6. The first-order valence-corrected chi connectivity index (χ1v) is 9.66. The zero-order valence-electron chi connectivity index (χ0n) is 12.8. The first-order valence-electron chi connectivity index (χ1n) is 7.42. The zero-order chi connectivity index (χ0) is 17.2. The van der Waals surface area contributed by atoms with Gasteiger partial charge in [0.1, 0.15) is 11.5 Å². The molecule has 0 unspecified atom stereocenters. The fourth-order valence-electron chi connectivity index (χ4n) is 2.34. The Labute approximate surface area is 155 Å². The quantitative estimate of drug-likeness (QED) is 0.529. The predicted molar refractivity (Wildman–Crippen MR) is 99.5 cm³/mol. The molecule has 4 aromatic heterocycles. The third kappa shape index (κ3) is 3.76. The summed E-state index contributed by atoms with van der Waals surface area (Å²) in [6, 6.07) is 9.04. The van der Waals surface area contributed by atoms with Crippen LogP contribution in [0.15, 0.2) is 51.9 Å². The van der Waals surface area contributed by atoms with Crippen molar-refractivity contribution in [3.63, 3.8) is 0 Å². The fraction of sp³-hybridized carbons (Fsp3) is 0.125. The van der Waals surface area contributed by atoms with Crippen LogP contribution in [0.1, 0.15) is 16.4 Å². The lowest BCUT2D eigenvalue weighted by atomic mass is 10.3. The van der Waals surface area contributed by atoms with Crippen molar-refractivity contribution < 1.29 is 0 Å². The molecule has 4 rings (SSSR count). The van der Waals surface area contributed by atoms with Crippen LogP contribution in [-0.2, 0) is 12.2 Å². The standard InChI is InChI=1S/C16H12ClN5OS2/c17-10-3-4-14-18-11(6-15(23)22(14)8-10)9-25-16-19-13(20-21-16)7-12-2-1-5-24-12/h1-6,8H,7,9H2,(H,19,20,21). The second-order valence-corrected chi connectivity index (χ2v) is 7.68. The monoisotopic (exact) mass is 389 g/mol. The van der Waals surface area contributed by atoms with Gasteiger partial charge in [0.25, 0.3) is 5.56 Å². The fourth-order valence-corrected chi connectivity index (χ4v) is 3.92. The molecule has 0 bridgehead atoms. The van der Waals surface area contributed by atoms with Crippen LogP contribution in [-0.4, -0.2) is 24.6 Å². The molecule has 6 nitrogen and oxygen atoms in total. The van der Waals surface area contributed by atoms with Gasteiger partial charge >= 0.3 is 0 Å². The van der Waals surface area contributed by atoms with E-state index in [1.54, 1.807) is 29.7 Å². The summed E-state index contributed by atoms with van der Waals surface area (Å²) in [6.45, 7) is 0. The van der Waals surface area contributed by atoms with Crippen molar-refractivity contribution in [2.75, 3.05) is 0 Å². The molecule has 25 heavy (non-hydrogen) atoms. The Bertz CT molecular complexity index is 1070. The number of aromatic amines is 1. The number of nitrogens with one attached hydrogen (secondary N) is 1. The largest absolute Gasteiger partial charge is 0.269 e. The average Bonchev–Trinajstić information content (AvgIpc) is 3.26. The molecule has 0 spiro atoms. The van der Waals surface area contributed by atoms with E-state index < -0.39 is 0 Å². The second-order valence-electron chi connectivity index (χ2n) is 5.27. The normalized spacial score (nSPS) is 11.2. The third-order valence-corrected chi connectivity index (χ3v) is 5.44. The van der Waals surface area contributed by atoms with Crippen LogP contribution in [0.5, 0.6) is 0 Å². The van der Waals surface area contributed by atoms with Gasteiger partial charge in [0.15, 0.2) is 0 Å². The highest BCUT2D eigenvalue weighted by Crippen LogP contribution is 2.19. The molecular formula is C16H12ClN5OS2. The molecule has 0 aliphatic heterocycles. The van der Waals surface area contributed by atoms with E-state index in [9.17, 15) is 4.79 Å². The third-order valence-electron chi connectivity index (χ3n) is 3.46. The van der Waals surface area contributed by atoms with Crippen molar-refractivity contribution in [2.45, 2.75) is 17.3 Å². The number of hydrogen-bond donors (Lipinski definition) is 1. The lowest BCUT2D eigenvalue weighted by Crippen LogP contribution is -2.15. The highest BCUT2D eigenvalue weighted by atomic mass is 35.5. The minimum Gasteiger partial charge on any atom is -0.269 e. The van der Waals surface area contributed by atoms with Gasteiger partial charge in [-0.05, 0) is 23.6 Å². The van der Waals surface area contributed by atoms with Crippen LogP contribution in [0.25, 0.3) is 5.65 Å². The summed E-state index contributed by atoms with van der Waals surface area (Å²) >= 11 is 9.04. The summed E-state index contributed by atoms with van der Waals surface area (Å²) in [7, 11) is 0. The van der Waals surface area contributed by atoms with Gasteiger partial charge in [-0.25, -0.2) is 9.97 Å². The summed E-state index contributed by atoms with van der Waals surface area (Å²) < 4.78 is 1.43. The zero-order valence-corrected chi connectivity index (χ0v) is 15.2. The van der Waals surface area contributed by atoms with Crippen molar-refractivity contribution in [1.29, 1.82) is 0 Å². The van der Waals surface area contributed by atoms with Crippen LogP contribution in [0.4, 0.5) is 0 Å². The van der Waals surface area contributed by atoms with Gasteiger partial charge in [0.05, 0.1) is 10.7 Å². The average molecular weight is 390 g/mol. The topological polar surface area (TPSA) is 75.9 Å². The van der Waals surface area contributed by atoms with Gasteiger partial charge in [0.2, 0.25) is 5.16 Å². The first-order chi connectivity index (χ1) is 12.2. The molecule has 0 aliphatic carbocycles. The Morgan fingerprint density at radius 1 is 1.28 bits per heavy atom. The first kappa shape index (κ1) is 16.3. The number of aromatic nitrogens is 5. The number of rotatable bonds is 5. The Balaban J connectivity index is 1.48. The summed E-state index contributed by atoms with van der Waals surface area (Å²) in [5.41, 5.74) is 1.10. The second kappa shape index (κ2) is 6.99. The van der Waals surface area contributed by atoms with Crippen LogP contribution < -0.4 is 5.56 Å². The van der Waals surface area contributed by atoms with Gasteiger partial charge in [-0.2, -0.15) is 0 Å². The molecule has 9 heteroatoms. The minimum absolute atomic E-state index is 0.156. The van der Waals surface area contributed by atoms with Gasteiger partial charge < -0.3 is 0 Å². The van der Waals surface area contributed by atoms with Crippen molar-refractivity contribution in [1.82, 2.24) is 24.6 Å². The van der Waals surface area contributed by atoms with Gasteiger partial charge in [-0.15, -0.1) is 16.4 Å². The Kier molecular flexibility index (Phi) is 4.56. The lowest BCUT2D eigenvalue weighted by molar-refractivity contribution is 0.958. The molecule has 4 aromatic rings. The van der Waals surface area contributed by atoms with Gasteiger partial charge in [0, 0.05) is 29.3 Å². The number of thioether (sulfide) groups is 1. The highest BCUT2D eigenvalue weighted by Gasteiger charge is 2.08. The van der Waals surface area contributed by atoms with Gasteiger partial charge in [-0.1, -0.05) is 29.4 Å². The smallest absolute Gasteiger partial charge is 0.258 e. The molecule has 0 radical (unpaired) electrons. The molecule has 0 saturated heterocycles. The maximum absolute atomic E-state index is 12.2. The molecule has 0 saturated carbocycles. The van der Waals surface area contributed by atoms with Crippen molar-refractivity contribution in [3.05, 3.63) is 73.7 Å². The molecule has 0 aromatic carbocycles. The van der Waals surface area contributed by atoms with Crippen LogP contribution >= 0.6 is 34.7 Å². The summed E-state index contributed by atoms with van der Waals surface area (Å²) in [5, 5.41) is 10.3. The molecular weight excluding hydrogens is 378 g/mol. The Hall–Kier alpha value is -2.16. The van der Waals surface area contributed by atoms with E-state index >= 15 is 0 Å². The number of fused-ring (bicyclic) bond motifs is 1. The van der Waals surface area contributed by atoms with Crippen LogP contribution in [0, 0.1) is 0 Å². The summed E-state index contributed by atoms with van der Waals surface area (Å²) in [6.07, 6.45) is 2.30. The summed E-state index contributed by atoms with van der Waals surface area (Å²) in [4.78, 5) is 22.3. The number of pyridine rings is 1. The van der Waals surface area contributed by atoms with Crippen molar-refractivity contribution in [2.24, 2.45) is 0 Å². The number of nitrogens with zero attached hydrogens (tertiary/aromatic N) is 4. The molecule has 1 N–H and O–H groups in total. The molecule has 0 atom stereocenters. The molecule has 0 aliphatic rings. The SMILES string of the molecule is O=c1cc(CSc2n[nH]c(Cc3cccs3)n2)nc2ccc(Cl)cn12. The molecule has 0 fully saturated rings. The summed E-state index contributed by atoms with van der Waals surface area (Å²) in [5.74, 6) is 1.34. The maximum Gasteiger partial charge on any atom is 0.258 e. The number of thiophene rings is 1. The van der Waals surface area contributed by atoms with E-state index in [-0.39, 0.29) is 5.56 Å². The van der Waals surface area contributed by atoms with E-state index in [1.165, 1.54) is 27.1 Å². The van der Waals surface area contributed by atoms with Crippen LogP contribution in [0.3, 0.4) is 0 Å². The molecule has 0 amide bonds. The Morgan fingerprint density at radius 3 is 3.04 bits per heavy atom. The van der Waals surface area contributed by atoms with E-state index in [1.807, 2.05) is 11.4 Å².